The molecule has 4 rings (SSSR count). The van der Waals surface area contributed by atoms with Gasteiger partial charge in [0.05, 0.1) is 6.10 Å². The normalized spacial score (nSPS) is 26.3. The summed E-state index contributed by atoms with van der Waals surface area (Å²) < 4.78 is 13.7. The van der Waals surface area contributed by atoms with Crippen molar-refractivity contribution in [3.8, 4) is 0 Å². The fraction of sp³-hybridized carbons (Fsp3) is 0.556. The van der Waals surface area contributed by atoms with Gasteiger partial charge in [0.15, 0.2) is 0 Å². The molecule has 0 heterocycles. The van der Waals surface area contributed by atoms with Gasteiger partial charge in [-0.1, -0.05) is 94.8 Å². The van der Waals surface area contributed by atoms with Gasteiger partial charge in [-0.25, -0.2) is 0 Å². The molecule has 0 saturated heterocycles. The Kier molecular flexibility index (Phi) is 6.52. The van der Waals surface area contributed by atoms with Gasteiger partial charge in [0.2, 0.25) is 0 Å². The second-order valence-electron chi connectivity index (χ2n) is 10.3. The first-order chi connectivity index (χ1) is 14.5. The molecule has 0 amide bonds. The van der Waals surface area contributed by atoms with Crippen molar-refractivity contribution in [2.24, 2.45) is 11.8 Å². The third-order valence-electron chi connectivity index (χ3n) is 7.30. The van der Waals surface area contributed by atoms with Crippen molar-refractivity contribution < 1.29 is 9.16 Å². The lowest BCUT2D eigenvalue weighted by atomic mass is 9.95. The monoisotopic (exact) mass is 422 g/mol. The smallest absolute Gasteiger partial charge is 0.261 e. The number of hydrogen-bond acceptors (Lipinski definition) is 2. The van der Waals surface area contributed by atoms with Gasteiger partial charge in [0.25, 0.3) is 8.32 Å². The predicted octanol–water partition coefficient (Wildman–Crippen LogP) is 5.55. The van der Waals surface area contributed by atoms with Crippen LogP contribution in [0, 0.1) is 11.8 Å². The third kappa shape index (κ3) is 4.04. The summed E-state index contributed by atoms with van der Waals surface area (Å²) in [6.07, 6.45) is 6.81. The highest BCUT2D eigenvalue weighted by molar-refractivity contribution is 6.99. The van der Waals surface area contributed by atoms with Crippen LogP contribution < -0.4 is 10.4 Å². The Morgan fingerprint density at radius 1 is 0.800 bits per heavy atom. The van der Waals surface area contributed by atoms with Crippen LogP contribution in [0.4, 0.5) is 0 Å². The fourth-order valence-electron chi connectivity index (χ4n) is 5.82. The molecule has 4 atom stereocenters. The van der Waals surface area contributed by atoms with Gasteiger partial charge in [-0.05, 0) is 52.9 Å². The highest BCUT2D eigenvalue weighted by Gasteiger charge is 2.55. The van der Waals surface area contributed by atoms with Crippen molar-refractivity contribution in [2.45, 2.75) is 77.0 Å². The molecule has 2 saturated carbocycles. The van der Waals surface area contributed by atoms with E-state index >= 15 is 0 Å². The van der Waals surface area contributed by atoms with E-state index in [-0.39, 0.29) is 5.04 Å². The number of ether oxygens (including phenoxy) is 1. The molecule has 2 bridgehead atoms. The zero-order valence-corrected chi connectivity index (χ0v) is 20.1. The molecule has 2 aromatic rings. The van der Waals surface area contributed by atoms with E-state index in [9.17, 15) is 0 Å². The van der Waals surface area contributed by atoms with Gasteiger partial charge in [-0.15, -0.1) is 0 Å². The maximum Gasteiger partial charge on any atom is 0.261 e. The minimum absolute atomic E-state index is 0.0502. The van der Waals surface area contributed by atoms with Crippen LogP contribution >= 0.6 is 0 Å². The second kappa shape index (κ2) is 8.98. The van der Waals surface area contributed by atoms with Gasteiger partial charge in [-0.3, -0.25) is 0 Å². The van der Waals surface area contributed by atoms with E-state index in [0.29, 0.717) is 24.0 Å². The van der Waals surface area contributed by atoms with Crippen LogP contribution in [0.25, 0.3) is 0 Å². The summed E-state index contributed by atoms with van der Waals surface area (Å²) in [6, 6.07) is 22.1. The molecule has 0 radical (unpaired) electrons. The quantitative estimate of drug-likeness (QED) is 0.410. The Morgan fingerprint density at radius 3 is 1.80 bits per heavy atom. The molecular weight excluding hydrogens is 384 g/mol. The zero-order chi connectivity index (χ0) is 21.2. The first-order valence-corrected chi connectivity index (χ1v) is 13.8. The zero-order valence-electron chi connectivity index (χ0n) is 19.1. The summed E-state index contributed by atoms with van der Waals surface area (Å²) in [5.74, 6) is 1.32. The molecule has 0 aromatic heterocycles. The minimum atomic E-state index is -2.45. The first-order valence-electron chi connectivity index (χ1n) is 11.9. The summed E-state index contributed by atoms with van der Waals surface area (Å²) in [7, 11) is -2.45. The van der Waals surface area contributed by atoms with Crippen LogP contribution in [0.3, 0.4) is 0 Å². The molecule has 0 aliphatic heterocycles. The minimum Gasteiger partial charge on any atom is -0.404 e. The molecule has 1 unspecified atom stereocenters. The molecule has 2 aromatic carbocycles. The van der Waals surface area contributed by atoms with Gasteiger partial charge in [-0.2, -0.15) is 0 Å². The number of unbranched alkanes of at least 4 members (excludes halogenated alkanes) is 1. The number of fused-ring (bicyclic) bond motifs is 2. The van der Waals surface area contributed by atoms with Crippen LogP contribution in [0.15, 0.2) is 60.7 Å². The first kappa shape index (κ1) is 21.8. The standard InChI is InChI=1S/C27H38O2Si/c1-5-6-17-28-25-19-22-18-21(25)20-26(22)29-30(27(2,3)4,23-13-9-7-10-14-23)24-15-11-8-12-16-24/h7-16,21-22,25-26H,5-6,17-20H2,1-4H3/t21?,22-,25+,26+/m1/s1. The number of hydrogen-bond donors (Lipinski definition) is 0. The Balaban J connectivity index is 1.63. The predicted molar refractivity (Wildman–Crippen MR) is 128 cm³/mol. The van der Waals surface area contributed by atoms with Crippen LogP contribution in [0.1, 0.15) is 59.8 Å². The Bertz CT molecular complexity index is 759. The van der Waals surface area contributed by atoms with E-state index in [1.165, 1.54) is 36.1 Å². The van der Waals surface area contributed by atoms with Gasteiger partial charge in [0.1, 0.15) is 0 Å². The SMILES string of the molecule is CCCCO[C@H]1C[C@H]2CC1C[C@@H]2O[Si](c1ccccc1)(c1ccccc1)C(C)(C)C. The van der Waals surface area contributed by atoms with Gasteiger partial charge < -0.3 is 9.16 Å². The molecular formula is C27H38O2Si. The van der Waals surface area contributed by atoms with E-state index in [1.54, 1.807) is 0 Å². The Hall–Kier alpha value is -1.42. The van der Waals surface area contributed by atoms with E-state index in [1.807, 2.05) is 0 Å². The van der Waals surface area contributed by atoms with Crippen molar-refractivity contribution >= 4 is 18.7 Å². The fourth-order valence-corrected chi connectivity index (χ4v) is 10.6. The van der Waals surface area contributed by atoms with E-state index in [4.69, 9.17) is 9.16 Å². The molecule has 2 fully saturated rings. The van der Waals surface area contributed by atoms with Crippen LogP contribution in [-0.4, -0.2) is 27.1 Å². The highest BCUT2D eigenvalue weighted by Crippen LogP contribution is 2.50. The molecule has 0 N–H and O–H groups in total. The largest absolute Gasteiger partial charge is 0.404 e. The lowest BCUT2D eigenvalue weighted by molar-refractivity contribution is -0.00873. The highest BCUT2D eigenvalue weighted by atomic mass is 28.4. The molecule has 162 valence electrons. The molecule has 3 heteroatoms. The Morgan fingerprint density at radius 2 is 1.33 bits per heavy atom. The van der Waals surface area contributed by atoms with E-state index < -0.39 is 8.32 Å². The summed E-state index contributed by atoms with van der Waals surface area (Å²) in [6.45, 7) is 10.3. The lowest BCUT2D eigenvalue weighted by Crippen LogP contribution is -2.68. The van der Waals surface area contributed by atoms with Crippen molar-refractivity contribution in [1.29, 1.82) is 0 Å². The van der Waals surface area contributed by atoms with Crippen molar-refractivity contribution in [2.75, 3.05) is 6.61 Å². The summed E-state index contributed by atoms with van der Waals surface area (Å²) in [4.78, 5) is 0. The third-order valence-corrected chi connectivity index (χ3v) is 12.4. The van der Waals surface area contributed by atoms with Crippen LogP contribution in [-0.2, 0) is 9.16 Å². The van der Waals surface area contributed by atoms with Crippen LogP contribution in [0.2, 0.25) is 5.04 Å². The summed E-state index contributed by atoms with van der Waals surface area (Å²) in [5.41, 5.74) is 0. The van der Waals surface area contributed by atoms with Crippen molar-refractivity contribution in [3.63, 3.8) is 0 Å². The molecule has 2 aliphatic rings. The molecule has 30 heavy (non-hydrogen) atoms. The van der Waals surface area contributed by atoms with Gasteiger partial charge in [0, 0.05) is 12.7 Å². The summed E-state index contributed by atoms with van der Waals surface area (Å²) in [5, 5.41) is 2.83. The molecule has 2 aliphatic carbocycles. The van der Waals surface area contributed by atoms with Gasteiger partial charge >= 0.3 is 0 Å². The second-order valence-corrected chi connectivity index (χ2v) is 14.6. The maximum absolute atomic E-state index is 7.43. The van der Waals surface area contributed by atoms with E-state index in [2.05, 4.69) is 88.4 Å². The maximum atomic E-state index is 7.43. The molecule has 0 spiro atoms. The van der Waals surface area contributed by atoms with E-state index in [0.717, 1.165) is 13.0 Å². The van der Waals surface area contributed by atoms with Crippen LogP contribution in [0.5, 0.6) is 0 Å². The average molecular weight is 423 g/mol. The lowest BCUT2D eigenvalue weighted by Gasteiger charge is -2.46. The Labute approximate surface area is 184 Å². The van der Waals surface area contributed by atoms with Crippen molar-refractivity contribution in [1.82, 2.24) is 0 Å². The topological polar surface area (TPSA) is 18.5 Å². The summed E-state index contributed by atoms with van der Waals surface area (Å²) >= 11 is 0. The number of rotatable bonds is 8. The number of benzene rings is 2. The average Bonchev–Trinajstić information content (AvgIpc) is 3.33. The molecule has 2 nitrogen and oxygen atoms in total. The van der Waals surface area contributed by atoms with Crippen molar-refractivity contribution in [3.05, 3.63) is 60.7 Å².